The quantitative estimate of drug-likeness (QED) is 0.750. The second kappa shape index (κ2) is 6.48. The topological polar surface area (TPSA) is 34.0 Å². The molecule has 0 unspecified atom stereocenters. The Balaban J connectivity index is 1.72. The summed E-state index contributed by atoms with van der Waals surface area (Å²) in [4.78, 5) is 12.1. The Hall–Kier alpha value is -2.55. The molecule has 2 aromatic carbocycles. The van der Waals surface area contributed by atoms with Crippen LogP contribution in [0, 0.1) is 0 Å². The predicted octanol–water partition coefficient (Wildman–Crippen LogP) is 4.23. The third-order valence-corrected chi connectivity index (χ3v) is 3.73. The number of amides is 1. The number of carbonyl (C=O) groups excluding carboxylic acids is 1. The van der Waals surface area contributed by atoms with Crippen molar-refractivity contribution in [3.8, 4) is 0 Å². The molecule has 0 spiro atoms. The molecule has 3 heteroatoms. The van der Waals surface area contributed by atoms with Crippen LogP contribution in [0.25, 0.3) is 10.9 Å². The highest BCUT2D eigenvalue weighted by atomic mass is 16.1. The summed E-state index contributed by atoms with van der Waals surface area (Å²) in [5.41, 5.74) is 3.08. The Morgan fingerprint density at radius 2 is 1.91 bits per heavy atom. The summed E-state index contributed by atoms with van der Waals surface area (Å²) in [6.07, 6.45) is 3.61. The zero-order valence-electron chi connectivity index (χ0n) is 12.8. The fourth-order valence-electron chi connectivity index (χ4n) is 2.70. The van der Waals surface area contributed by atoms with Gasteiger partial charge in [0.15, 0.2) is 0 Å². The monoisotopic (exact) mass is 292 g/mol. The van der Waals surface area contributed by atoms with Crippen molar-refractivity contribution in [3.05, 3.63) is 66.4 Å². The molecule has 0 aliphatic heterocycles. The van der Waals surface area contributed by atoms with E-state index in [0.717, 1.165) is 29.6 Å². The van der Waals surface area contributed by atoms with Gasteiger partial charge in [-0.25, -0.2) is 0 Å². The van der Waals surface area contributed by atoms with Crippen LogP contribution < -0.4 is 5.32 Å². The first-order valence-electron chi connectivity index (χ1n) is 7.69. The lowest BCUT2D eigenvalue weighted by Crippen LogP contribution is -2.14. The Kier molecular flexibility index (Phi) is 4.24. The first kappa shape index (κ1) is 14.4. The van der Waals surface area contributed by atoms with Crippen molar-refractivity contribution in [2.75, 3.05) is 5.32 Å². The van der Waals surface area contributed by atoms with Gasteiger partial charge < -0.3 is 9.88 Å². The molecule has 1 heterocycles. The Bertz CT molecular complexity index is 774. The highest BCUT2D eigenvalue weighted by Gasteiger charge is 2.06. The lowest BCUT2D eigenvalue weighted by atomic mass is 10.1. The number of carbonyl (C=O) groups is 1. The van der Waals surface area contributed by atoms with Gasteiger partial charge in [-0.2, -0.15) is 0 Å². The molecule has 0 atom stereocenters. The fourth-order valence-corrected chi connectivity index (χ4v) is 2.70. The van der Waals surface area contributed by atoms with Gasteiger partial charge in [0.1, 0.15) is 0 Å². The minimum absolute atomic E-state index is 0.0125. The van der Waals surface area contributed by atoms with E-state index in [1.807, 2.05) is 42.5 Å². The molecule has 0 saturated carbocycles. The summed E-state index contributed by atoms with van der Waals surface area (Å²) in [5, 5.41) is 4.13. The molecule has 3 aromatic rings. The van der Waals surface area contributed by atoms with Crippen molar-refractivity contribution >= 4 is 22.5 Å². The Morgan fingerprint density at radius 1 is 1.09 bits per heavy atom. The molecule has 3 nitrogen and oxygen atoms in total. The zero-order chi connectivity index (χ0) is 15.4. The molecule has 3 rings (SSSR count). The van der Waals surface area contributed by atoms with Crippen LogP contribution in [0.3, 0.4) is 0 Å². The molecule has 112 valence electrons. The van der Waals surface area contributed by atoms with Crippen LogP contribution in [-0.2, 0) is 17.8 Å². The minimum Gasteiger partial charge on any atom is -0.347 e. The highest BCUT2D eigenvalue weighted by Crippen LogP contribution is 2.21. The molecule has 0 saturated heterocycles. The molecule has 1 amide bonds. The second-order valence-corrected chi connectivity index (χ2v) is 5.49. The van der Waals surface area contributed by atoms with Gasteiger partial charge in [-0.3, -0.25) is 4.79 Å². The van der Waals surface area contributed by atoms with Gasteiger partial charge in [0.25, 0.3) is 0 Å². The standard InChI is InChI=1S/C19H20N2O/c1-2-11-21-12-10-16-14-17(8-9-18(16)21)20-19(22)13-15-6-4-3-5-7-15/h3-10,12,14H,2,11,13H2,1H3,(H,20,22). The lowest BCUT2D eigenvalue weighted by molar-refractivity contribution is -0.115. The maximum Gasteiger partial charge on any atom is 0.228 e. The van der Waals surface area contributed by atoms with E-state index < -0.39 is 0 Å². The van der Waals surface area contributed by atoms with Crippen LogP contribution in [0.2, 0.25) is 0 Å². The minimum atomic E-state index is 0.0125. The van der Waals surface area contributed by atoms with Gasteiger partial charge in [-0.1, -0.05) is 37.3 Å². The maximum absolute atomic E-state index is 12.1. The van der Waals surface area contributed by atoms with Crippen LogP contribution >= 0.6 is 0 Å². The number of fused-ring (bicyclic) bond motifs is 1. The number of aryl methyl sites for hydroxylation is 1. The Labute approximate surface area is 130 Å². The third-order valence-electron chi connectivity index (χ3n) is 3.73. The summed E-state index contributed by atoms with van der Waals surface area (Å²) in [6, 6.07) is 18.0. The predicted molar refractivity (Wildman–Crippen MR) is 91.0 cm³/mol. The van der Waals surface area contributed by atoms with Gasteiger partial charge in [0, 0.05) is 29.3 Å². The van der Waals surface area contributed by atoms with Crippen LogP contribution in [0.15, 0.2) is 60.8 Å². The number of aromatic nitrogens is 1. The van der Waals surface area contributed by atoms with Crippen LogP contribution in [0.5, 0.6) is 0 Å². The largest absolute Gasteiger partial charge is 0.347 e. The molecule has 1 aromatic heterocycles. The van der Waals surface area contributed by atoms with Gasteiger partial charge >= 0.3 is 0 Å². The normalized spacial score (nSPS) is 10.8. The van der Waals surface area contributed by atoms with E-state index in [4.69, 9.17) is 0 Å². The van der Waals surface area contributed by atoms with E-state index in [0.29, 0.717) is 6.42 Å². The molecule has 0 fully saturated rings. The van der Waals surface area contributed by atoms with Crippen LogP contribution in [-0.4, -0.2) is 10.5 Å². The van der Waals surface area contributed by atoms with Crippen molar-refractivity contribution in [1.29, 1.82) is 0 Å². The summed E-state index contributed by atoms with van der Waals surface area (Å²) < 4.78 is 2.24. The van der Waals surface area contributed by atoms with Crippen molar-refractivity contribution < 1.29 is 4.79 Å². The molecule has 0 aliphatic carbocycles. The molecular weight excluding hydrogens is 272 g/mol. The third kappa shape index (κ3) is 3.19. The molecule has 0 bridgehead atoms. The number of hydrogen-bond donors (Lipinski definition) is 1. The summed E-state index contributed by atoms with van der Waals surface area (Å²) >= 11 is 0. The van der Waals surface area contributed by atoms with Crippen LogP contribution in [0.4, 0.5) is 5.69 Å². The van der Waals surface area contributed by atoms with Crippen molar-refractivity contribution in [3.63, 3.8) is 0 Å². The zero-order valence-corrected chi connectivity index (χ0v) is 12.8. The SMILES string of the molecule is CCCn1ccc2cc(NC(=O)Cc3ccccc3)ccc21. The van der Waals surface area contributed by atoms with Gasteiger partial charge in [-0.05, 0) is 36.2 Å². The van der Waals surface area contributed by atoms with E-state index in [-0.39, 0.29) is 5.91 Å². The van der Waals surface area contributed by atoms with E-state index in [9.17, 15) is 4.79 Å². The number of nitrogens with one attached hydrogen (secondary N) is 1. The number of nitrogens with zero attached hydrogens (tertiary/aromatic N) is 1. The van der Waals surface area contributed by atoms with Crippen molar-refractivity contribution in [2.24, 2.45) is 0 Å². The first-order chi connectivity index (χ1) is 10.8. The summed E-state index contributed by atoms with van der Waals surface area (Å²) in [7, 11) is 0. The molecule has 0 radical (unpaired) electrons. The van der Waals surface area contributed by atoms with Gasteiger partial charge in [-0.15, -0.1) is 0 Å². The Morgan fingerprint density at radius 3 is 2.68 bits per heavy atom. The average molecular weight is 292 g/mol. The average Bonchev–Trinajstić information content (AvgIpc) is 2.91. The fraction of sp³-hybridized carbons (Fsp3) is 0.211. The first-order valence-corrected chi connectivity index (χ1v) is 7.69. The van der Waals surface area contributed by atoms with Crippen molar-refractivity contribution in [2.45, 2.75) is 26.3 Å². The number of hydrogen-bond acceptors (Lipinski definition) is 1. The summed E-state index contributed by atoms with van der Waals surface area (Å²) in [5.74, 6) is 0.0125. The van der Waals surface area contributed by atoms with Crippen molar-refractivity contribution in [1.82, 2.24) is 4.57 Å². The molecule has 0 aliphatic rings. The van der Waals surface area contributed by atoms with E-state index in [1.165, 1.54) is 5.52 Å². The van der Waals surface area contributed by atoms with E-state index in [1.54, 1.807) is 0 Å². The second-order valence-electron chi connectivity index (χ2n) is 5.49. The van der Waals surface area contributed by atoms with Gasteiger partial charge in [0.05, 0.1) is 6.42 Å². The maximum atomic E-state index is 12.1. The lowest BCUT2D eigenvalue weighted by Gasteiger charge is -2.07. The highest BCUT2D eigenvalue weighted by molar-refractivity contribution is 5.95. The number of anilines is 1. The molecule has 1 N–H and O–H groups in total. The van der Waals surface area contributed by atoms with E-state index in [2.05, 4.69) is 35.1 Å². The van der Waals surface area contributed by atoms with Crippen LogP contribution in [0.1, 0.15) is 18.9 Å². The summed E-state index contributed by atoms with van der Waals surface area (Å²) in [6.45, 7) is 3.19. The number of benzene rings is 2. The molecule has 22 heavy (non-hydrogen) atoms. The smallest absolute Gasteiger partial charge is 0.228 e. The molecular formula is C19H20N2O. The number of rotatable bonds is 5. The van der Waals surface area contributed by atoms with E-state index >= 15 is 0 Å². The van der Waals surface area contributed by atoms with Gasteiger partial charge in [0.2, 0.25) is 5.91 Å².